The highest BCUT2D eigenvalue weighted by Gasteiger charge is 2.11. The molecule has 0 aliphatic carbocycles. The maximum absolute atomic E-state index is 2.54. The van der Waals surface area contributed by atoms with Crippen molar-refractivity contribution in [2.24, 2.45) is 0 Å². The molecule has 1 rings (SSSR count). The van der Waals surface area contributed by atoms with Gasteiger partial charge in [0.1, 0.15) is 0 Å². The molecule has 1 nitrogen and oxygen atoms in total. The summed E-state index contributed by atoms with van der Waals surface area (Å²) in [5, 5.41) is 0.886. The molecule has 0 amide bonds. The molecular formula is C8H17NS. The third-order valence-electron chi connectivity index (χ3n) is 2.11. The van der Waals surface area contributed by atoms with Crippen LogP contribution in [0.25, 0.3) is 0 Å². The van der Waals surface area contributed by atoms with Crippen molar-refractivity contribution in [1.29, 1.82) is 0 Å². The van der Waals surface area contributed by atoms with Gasteiger partial charge in [0.15, 0.2) is 0 Å². The van der Waals surface area contributed by atoms with Gasteiger partial charge in [-0.3, -0.25) is 0 Å². The molecule has 0 N–H and O–H groups in total. The van der Waals surface area contributed by atoms with Crippen molar-refractivity contribution in [3.05, 3.63) is 0 Å². The van der Waals surface area contributed by atoms with E-state index in [1.807, 2.05) is 0 Å². The second-order valence-electron chi connectivity index (χ2n) is 2.90. The normalized spacial score (nSPS) is 30.0. The molecule has 0 bridgehead atoms. The van der Waals surface area contributed by atoms with Crippen LogP contribution < -0.4 is 0 Å². The lowest BCUT2D eigenvalue weighted by atomic mass is 10.3. The zero-order valence-corrected chi connectivity index (χ0v) is 7.78. The average molecular weight is 159 g/mol. The largest absolute Gasteiger partial charge is 0.303 e. The molecule has 0 spiro atoms. The molecule has 1 aliphatic rings. The Morgan fingerprint density at radius 2 is 2.30 bits per heavy atom. The summed E-state index contributed by atoms with van der Waals surface area (Å²) in [6.45, 7) is 8.42. The summed E-state index contributed by atoms with van der Waals surface area (Å²) in [7, 11) is 0. The fourth-order valence-electron chi connectivity index (χ4n) is 1.26. The first-order chi connectivity index (χ1) is 4.83. The van der Waals surface area contributed by atoms with E-state index in [4.69, 9.17) is 0 Å². The molecular weight excluding hydrogens is 142 g/mol. The summed E-state index contributed by atoms with van der Waals surface area (Å²) in [6.07, 6.45) is 1.37. The van der Waals surface area contributed by atoms with Gasteiger partial charge in [0.05, 0.1) is 0 Å². The van der Waals surface area contributed by atoms with Crippen molar-refractivity contribution in [1.82, 2.24) is 4.90 Å². The van der Waals surface area contributed by atoms with E-state index in [2.05, 4.69) is 30.5 Å². The van der Waals surface area contributed by atoms with E-state index in [9.17, 15) is 0 Å². The van der Waals surface area contributed by atoms with Gasteiger partial charge in [-0.15, -0.1) is 0 Å². The Bertz CT molecular complexity index is 95.3. The predicted octanol–water partition coefficient (Wildman–Crippen LogP) is 1.83. The molecule has 1 saturated heterocycles. The van der Waals surface area contributed by atoms with Crippen LogP contribution in [0, 0.1) is 0 Å². The second-order valence-corrected chi connectivity index (χ2v) is 4.45. The molecule has 0 aromatic heterocycles. The SMILES string of the molecule is CCN1CCSC(C)CC1. The van der Waals surface area contributed by atoms with E-state index in [0.717, 1.165) is 5.25 Å². The third-order valence-corrected chi connectivity index (χ3v) is 3.33. The standard InChI is InChI=1S/C8H17NS/c1-3-9-5-4-8(2)10-7-6-9/h8H,3-7H2,1-2H3. The fraction of sp³-hybridized carbons (Fsp3) is 1.00. The highest BCUT2D eigenvalue weighted by Crippen LogP contribution is 2.17. The minimum atomic E-state index is 0.886. The van der Waals surface area contributed by atoms with Gasteiger partial charge in [-0.05, 0) is 19.5 Å². The van der Waals surface area contributed by atoms with Gasteiger partial charge in [0.2, 0.25) is 0 Å². The van der Waals surface area contributed by atoms with E-state index < -0.39 is 0 Å². The maximum atomic E-state index is 2.54. The molecule has 1 fully saturated rings. The van der Waals surface area contributed by atoms with Gasteiger partial charge in [0, 0.05) is 17.5 Å². The van der Waals surface area contributed by atoms with Crippen molar-refractivity contribution >= 4 is 11.8 Å². The summed E-state index contributed by atoms with van der Waals surface area (Å²) < 4.78 is 0. The van der Waals surface area contributed by atoms with Crippen molar-refractivity contribution in [2.75, 3.05) is 25.4 Å². The third kappa shape index (κ3) is 2.51. The summed E-state index contributed by atoms with van der Waals surface area (Å²) >= 11 is 2.12. The molecule has 0 radical (unpaired) electrons. The van der Waals surface area contributed by atoms with Crippen molar-refractivity contribution in [3.63, 3.8) is 0 Å². The number of hydrogen-bond acceptors (Lipinski definition) is 2. The van der Waals surface area contributed by atoms with Gasteiger partial charge in [-0.2, -0.15) is 11.8 Å². The Morgan fingerprint density at radius 3 is 3.00 bits per heavy atom. The van der Waals surface area contributed by atoms with Crippen LogP contribution in [-0.2, 0) is 0 Å². The van der Waals surface area contributed by atoms with Gasteiger partial charge < -0.3 is 4.90 Å². The fourth-order valence-corrected chi connectivity index (χ4v) is 2.30. The van der Waals surface area contributed by atoms with Crippen molar-refractivity contribution < 1.29 is 0 Å². The first kappa shape index (κ1) is 8.41. The topological polar surface area (TPSA) is 3.24 Å². The Balaban J connectivity index is 2.26. The highest BCUT2D eigenvalue weighted by atomic mass is 32.2. The Kier molecular flexibility index (Phi) is 3.57. The lowest BCUT2D eigenvalue weighted by Gasteiger charge is -2.15. The number of thioether (sulfide) groups is 1. The molecule has 2 heteroatoms. The molecule has 60 valence electrons. The Morgan fingerprint density at radius 1 is 1.50 bits per heavy atom. The first-order valence-corrected chi connectivity index (χ1v) is 5.21. The Hall–Kier alpha value is 0.310. The number of nitrogens with zero attached hydrogens (tertiary/aromatic N) is 1. The van der Waals surface area contributed by atoms with E-state index in [0.29, 0.717) is 0 Å². The lowest BCUT2D eigenvalue weighted by Crippen LogP contribution is -2.25. The van der Waals surface area contributed by atoms with Crippen molar-refractivity contribution in [3.8, 4) is 0 Å². The maximum Gasteiger partial charge on any atom is 0.00723 e. The Labute approximate surface area is 68.2 Å². The van der Waals surface area contributed by atoms with E-state index in [1.54, 1.807) is 0 Å². The lowest BCUT2D eigenvalue weighted by molar-refractivity contribution is 0.307. The van der Waals surface area contributed by atoms with Crippen LogP contribution in [0.3, 0.4) is 0 Å². The minimum Gasteiger partial charge on any atom is -0.303 e. The molecule has 0 saturated carbocycles. The average Bonchev–Trinajstić information content (AvgIpc) is 2.14. The molecule has 0 aromatic rings. The first-order valence-electron chi connectivity index (χ1n) is 4.17. The monoisotopic (exact) mass is 159 g/mol. The van der Waals surface area contributed by atoms with Crippen LogP contribution in [0.4, 0.5) is 0 Å². The summed E-state index contributed by atoms with van der Waals surface area (Å²) in [4.78, 5) is 2.54. The molecule has 1 heterocycles. The van der Waals surface area contributed by atoms with E-state index in [-0.39, 0.29) is 0 Å². The number of hydrogen-bond donors (Lipinski definition) is 0. The highest BCUT2D eigenvalue weighted by molar-refractivity contribution is 7.99. The molecule has 1 unspecified atom stereocenters. The minimum absolute atomic E-state index is 0.886. The molecule has 1 aliphatic heterocycles. The molecule has 1 atom stereocenters. The molecule has 10 heavy (non-hydrogen) atoms. The van der Waals surface area contributed by atoms with Crippen LogP contribution >= 0.6 is 11.8 Å². The van der Waals surface area contributed by atoms with E-state index >= 15 is 0 Å². The molecule has 0 aromatic carbocycles. The van der Waals surface area contributed by atoms with Crippen molar-refractivity contribution in [2.45, 2.75) is 25.5 Å². The smallest absolute Gasteiger partial charge is 0.00723 e. The summed E-state index contributed by atoms with van der Waals surface area (Å²) in [5.74, 6) is 1.33. The number of rotatable bonds is 1. The van der Waals surface area contributed by atoms with Crippen LogP contribution in [-0.4, -0.2) is 35.5 Å². The van der Waals surface area contributed by atoms with Crippen LogP contribution in [0.15, 0.2) is 0 Å². The van der Waals surface area contributed by atoms with Gasteiger partial charge >= 0.3 is 0 Å². The van der Waals surface area contributed by atoms with Crippen LogP contribution in [0.5, 0.6) is 0 Å². The summed E-state index contributed by atoms with van der Waals surface area (Å²) in [6, 6.07) is 0. The quantitative estimate of drug-likeness (QED) is 0.574. The predicted molar refractivity (Wildman–Crippen MR) is 48.7 cm³/mol. The summed E-state index contributed by atoms with van der Waals surface area (Å²) in [5.41, 5.74) is 0. The van der Waals surface area contributed by atoms with Gasteiger partial charge in [-0.1, -0.05) is 13.8 Å². The van der Waals surface area contributed by atoms with Gasteiger partial charge in [0.25, 0.3) is 0 Å². The second kappa shape index (κ2) is 4.24. The zero-order chi connectivity index (χ0) is 7.40. The van der Waals surface area contributed by atoms with Crippen LogP contribution in [0.2, 0.25) is 0 Å². The zero-order valence-electron chi connectivity index (χ0n) is 6.97. The van der Waals surface area contributed by atoms with Gasteiger partial charge in [-0.25, -0.2) is 0 Å². The van der Waals surface area contributed by atoms with E-state index in [1.165, 1.54) is 31.8 Å². The van der Waals surface area contributed by atoms with Crippen LogP contribution in [0.1, 0.15) is 20.3 Å².